The van der Waals surface area contributed by atoms with Gasteiger partial charge in [0.15, 0.2) is 5.82 Å². The molecule has 0 spiro atoms. The lowest BCUT2D eigenvalue weighted by Crippen LogP contribution is -2.55. The largest absolute Gasteiger partial charge is 0.341 e. The minimum Gasteiger partial charge on any atom is -0.341 e. The number of nitrogens with one attached hydrogen (secondary N) is 3. The maximum Gasteiger partial charge on any atom is 0.315 e. The van der Waals surface area contributed by atoms with Crippen LogP contribution in [-0.4, -0.2) is 62.5 Å². The molecular weight excluding hydrogens is 416 g/mol. The minimum atomic E-state index is -2.94. The van der Waals surface area contributed by atoms with Crippen molar-refractivity contribution >= 4 is 17.8 Å². The van der Waals surface area contributed by atoms with Crippen LogP contribution in [0.3, 0.4) is 0 Å². The van der Waals surface area contributed by atoms with Crippen LogP contribution in [0.4, 0.5) is 14.6 Å². The zero-order valence-electron chi connectivity index (χ0n) is 18.1. The SMILES string of the molecule is Cc1cc(NC2=Cc3ncccc3C(N[C@@H]3C[C@H]4CC[C@@H](C3)N4C(=O)C(F)F)N2C)n[nH]1. The number of amides is 1. The van der Waals surface area contributed by atoms with Crippen molar-refractivity contribution in [2.24, 2.45) is 0 Å². The van der Waals surface area contributed by atoms with Gasteiger partial charge in [-0.05, 0) is 38.7 Å². The van der Waals surface area contributed by atoms with Gasteiger partial charge in [0, 0.05) is 54.8 Å². The molecular formula is C22H27F2N7O. The molecule has 5 heterocycles. The third kappa shape index (κ3) is 3.72. The van der Waals surface area contributed by atoms with Gasteiger partial charge in [0.2, 0.25) is 0 Å². The highest BCUT2D eigenvalue weighted by Crippen LogP contribution is 2.38. The highest BCUT2D eigenvalue weighted by Gasteiger charge is 2.46. The topological polar surface area (TPSA) is 89.2 Å². The predicted octanol–water partition coefficient (Wildman–Crippen LogP) is 2.84. The molecule has 3 aliphatic rings. The molecule has 2 fully saturated rings. The van der Waals surface area contributed by atoms with Crippen LogP contribution in [0.25, 0.3) is 6.08 Å². The van der Waals surface area contributed by atoms with E-state index in [1.165, 1.54) is 4.90 Å². The van der Waals surface area contributed by atoms with Crippen molar-refractivity contribution in [2.75, 3.05) is 12.4 Å². The van der Waals surface area contributed by atoms with Crippen LogP contribution in [0, 0.1) is 6.92 Å². The van der Waals surface area contributed by atoms with Crippen molar-refractivity contribution in [1.82, 2.24) is 30.3 Å². The summed E-state index contributed by atoms with van der Waals surface area (Å²) in [6, 6.07) is 5.75. The lowest BCUT2D eigenvalue weighted by atomic mass is 9.95. The van der Waals surface area contributed by atoms with Gasteiger partial charge < -0.3 is 15.1 Å². The molecule has 2 saturated heterocycles. The molecule has 32 heavy (non-hydrogen) atoms. The zero-order chi connectivity index (χ0) is 22.4. The molecule has 0 saturated carbocycles. The summed E-state index contributed by atoms with van der Waals surface area (Å²) in [4.78, 5) is 20.1. The summed E-state index contributed by atoms with van der Waals surface area (Å²) in [5.41, 5.74) is 2.88. The van der Waals surface area contributed by atoms with Crippen molar-refractivity contribution in [3.05, 3.63) is 47.2 Å². The average molecular weight is 444 g/mol. The zero-order valence-corrected chi connectivity index (χ0v) is 18.1. The molecule has 1 amide bonds. The molecule has 3 aliphatic heterocycles. The van der Waals surface area contributed by atoms with Gasteiger partial charge >= 0.3 is 6.43 Å². The number of aromatic amines is 1. The molecule has 3 N–H and O–H groups in total. The Balaban J connectivity index is 1.36. The number of carbonyl (C=O) groups is 1. The minimum absolute atomic E-state index is 0.113. The number of fused-ring (bicyclic) bond motifs is 3. The average Bonchev–Trinajstić information content (AvgIpc) is 3.29. The summed E-state index contributed by atoms with van der Waals surface area (Å²) in [7, 11) is 2.00. The number of rotatable bonds is 5. The quantitative estimate of drug-likeness (QED) is 0.659. The van der Waals surface area contributed by atoms with E-state index in [1.54, 1.807) is 6.20 Å². The number of pyridine rings is 1. The molecule has 4 atom stereocenters. The van der Waals surface area contributed by atoms with Crippen LogP contribution in [0.5, 0.6) is 0 Å². The number of piperidine rings is 1. The van der Waals surface area contributed by atoms with Crippen LogP contribution in [-0.2, 0) is 4.79 Å². The van der Waals surface area contributed by atoms with Crippen LogP contribution in [0.15, 0.2) is 30.2 Å². The van der Waals surface area contributed by atoms with Crippen LogP contribution < -0.4 is 10.6 Å². The van der Waals surface area contributed by atoms with E-state index in [9.17, 15) is 13.6 Å². The molecule has 170 valence electrons. The number of alkyl halides is 2. The Morgan fingerprint density at radius 3 is 2.69 bits per heavy atom. The van der Waals surface area contributed by atoms with Crippen LogP contribution in [0.1, 0.15) is 48.8 Å². The van der Waals surface area contributed by atoms with Crippen molar-refractivity contribution in [2.45, 2.75) is 63.3 Å². The summed E-state index contributed by atoms with van der Waals surface area (Å²) in [5, 5.41) is 14.3. The predicted molar refractivity (Wildman–Crippen MR) is 115 cm³/mol. The summed E-state index contributed by atoms with van der Waals surface area (Å²) in [5.74, 6) is 0.549. The fraction of sp³-hybridized carbons (Fsp3) is 0.500. The number of aryl methyl sites for hydroxylation is 1. The standard InChI is InChI=1S/C22H27F2N7O/c1-12-8-18(29-28-12)27-19-11-17-16(4-3-7-25-17)21(30(19)2)26-13-9-14-5-6-15(10-13)31(14)22(32)20(23)24/h3-4,7-8,11,13-15,20-21,26H,5-6,9-10H2,1-2H3,(H2,27,28,29)/t13-,14-,15+,21?. The van der Waals surface area contributed by atoms with Gasteiger partial charge in [0.25, 0.3) is 5.91 Å². The first kappa shape index (κ1) is 20.9. The molecule has 2 bridgehead atoms. The smallest absolute Gasteiger partial charge is 0.315 e. The Morgan fingerprint density at radius 2 is 2.03 bits per heavy atom. The Hall–Kier alpha value is -3.01. The second-order valence-corrected chi connectivity index (χ2v) is 8.85. The number of aromatic nitrogens is 3. The molecule has 8 nitrogen and oxygen atoms in total. The van der Waals surface area contributed by atoms with E-state index in [2.05, 4.69) is 30.7 Å². The highest BCUT2D eigenvalue weighted by molar-refractivity contribution is 5.80. The number of nitrogens with zero attached hydrogens (tertiary/aromatic N) is 4. The van der Waals surface area contributed by atoms with Crippen LogP contribution >= 0.6 is 0 Å². The van der Waals surface area contributed by atoms with Gasteiger partial charge in [0.05, 0.1) is 5.69 Å². The van der Waals surface area contributed by atoms with Crippen LogP contribution in [0.2, 0.25) is 0 Å². The number of halogens is 2. The van der Waals surface area contributed by atoms with E-state index in [0.717, 1.165) is 41.4 Å². The Kier molecular flexibility index (Phi) is 5.32. The van der Waals surface area contributed by atoms with E-state index >= 15 is 0 Å². The molecule has 2 aromatic heterocycles. The van der Waals surface area contributed by atoms with Gasteiger partial charge in [-0.15, -0.1) is 0 Å². The summed E-state index contributed by atoms with van der Waals surface area (Å²) < 4.78 is 26.1. The lowest BCUT2D eigenvalue weighted by Gasteiger charge is -2.43. The number of H-pyrrole nitrogens is 1. The van der Waals surface area contributed by atoms with E-state index in [0.29, 0.717) is 12.8 Å². The van der Waals surface area contributed by atoms with Crippen molar-refractivity contribution in [1.29, 1.82) is 0 Å². The first-order chi connectivity index (χ1) is 15.4. The van der Waals surface area contributed by atoms with E-state index in [4.69, 9.17) is 0 Å². The number of anilines is 1. The molecule has 0 aliphatic carbocycles. The fourth-order valence-electron chi connectivity index (χ4n) is 5.31. The Bertz CT molecular complexity index is 1020. The number of hydrogen-bond acceptors (Lipinski definition) is 6. The maximum absolute atomic E-state index is 13.1. The fourth-order valence-corrected chi connectivity index (χ4v) is 5.31. The second-order valence-electron chi connectivity index (χ2n) is 8.85. The normalized spacial score (nSPS) is 26.8. The van der Waals surface area contributed by atoms with Crippen molar-refractivity contribution in [3.63, 3.8) is 0 Å². The molecule has 10 heteroatoms. The molecule has 5 rings (SSSR count). The third-order valence-corrected chi connectivity index (χ3v) is 6.74. The maximum atomic E-state index is 13.1. The van der Waals surface area contributed by atoms with E-state index in [1.807, 2.05) is 38.2 Å². The molecule has 0 aromatic carbocycles. The van der Waals surface area contributed by atoms with Gasteiger partial charge in [-0.1, -0.05) is 6.07 Å². The molecule has 1 unspecified atom stereocenters. The second kappa shape index (κ2) is 8.16. The molecule has 0 radical (unpaired) electrons. The van der Waals surface area contributed by atoms with E-state index < -0.39 is 12.3 Å². The first-order valence-corrected chi connectivity index (χ1v) is 11.0. The monoisotopic (exact) mass is 443 g/mol. The van der Waals surface area contributed by atoms with E-state index in [-0.39, 0.29) is 24.3 Å². The Morgan fingerprint density at radius 1 is 1.28 bits per heavy atom. The summed E-state index contributed by atoms with van der Waals surface area (Å²) in [6.45, 7) is 1.94. The highest BCUT2D eigenvalue weighted by atomic mass is 19.3. The van der Waals surface area contributed by atoms with Gasteiger partial charge in [-0.2, -0.15) is 13.9 Å². The Labute approximate surface area is 185 Å². The summed E-state index contributed by atoms with van der Waals surface area (Å²) in [6.07, 6.45) is 3.58. The first-order valence-electron chi connectivity index (χ1n) is 11.0. The van der Waals surface area contributed by atoms with Gasteiger partial charge in [0.1, 0.15) is 12.0 Å². The van der Waals surface area contributed by atoms with Gasteiger partial charge in [-0.25, -0.2) is 0 Å². The third-order valence-electron chi connectivity index (χ3n) is 6.74. The van der Waals surface area contributed by atoms with Gasteiger partial charge in [-0.3, -0.25) is 20.2 Å². The molecule has 2 aromatic rings. The number of carbonyl (C=O) groups excluding carboxylic acids is 1. The van der Waals surface area contributed by atoms with Crippen molar-refractivity contribution in [3.8, 4) is 0 Å². The lowest BCUT2D eigenvalue weighted by molar-refractivity contribution is -0.147. The number of hydrogen-bond donors (Lipinski definition) is 3. The van der Waals surface area contributed by atoms with Crippen molar-refractivity contribution < 1.29 is 13.6 Å². The summed E-state index contributed by atoms with van der Waals surface area (Å²) >= 11 is 0.